The number of hydrogen-bond acceptors (Lipinski definition) is 2. The maximum Gasteiger partial charge on any atom is 0.0718 e. The van der Waals surface area contributed by atoms with Crippen molar-refractivity contribution in [2.45, 2.75) is 39.8 Å². The SMILES string of the molecule is CCc1nn(Cc2ccccc2)c(CC)c1CO. The van der Waals surface area contributed by atoms with Crippen LogP contribution in [-0.4, -0.2) is 14.9 Å². The molecule has 1 N–H and O–H groups in total. The van der Waals surface area contributed by atoms with Crippen molar-refractivity contribution in [1.82, 2.24) is 9.78 Å². The Labute approximate surface area is 108 Å². The summed E-state index contributed by atoms with van der Waals surface area (Å²) in [5, 5.41) is 14.1. The summed E-state index contributed by atoms with van der Waals surface area (Å²) in [4.78, 5) is 0. The summed E-state index contributed by atoms with van der Waals surface area (Å²) in [5.74, 6) is 0. The van der Waals surface area contributed by atoms with Gasteiger partial charge in [0.2, 0.25) is 0 Å². The van der Waals surface area contributed by atoms with Gasteiger partial charge in [-0.25, -0.2) is 0 Å². The van der Waals surface area contributed by atoms with Gasteiger partial charge in [0.05, 0.1) is 18.8 Å². The van der Waals surface area contributed by atoms with Crippen molar-refractivity contribution in [3.05, 3.63) is 52.8 Å². The highest BCUT2D eigenvalue weighted by Crippen LogP contribution is 2.17. The van der Waals surface area contributed by atoms with E-state index < -0.39 is 0 Å². The molecule has 2 rings (SSSR count). The van der Waals surface area contributed by atoms with Gasteiger partial charge in [-0.2, -0.15) is 5.10 Å². The average molecular weight is 244 g/mol. The van der Waals surface area contributed by atoms with E-state index in [-0.39, 0.29) is 6.61 Å². The van der Waals surface area contributed by atoms with E-state index in [1.54, 1.807) is 0 Å². The first-order valence-corrected chi connectivity index (χ1v) is 6.52. The van der Waals surface area contributed by atoms with Crippen molar-refractivity contribution in [3.8, 4) is 0 Å². The zero-order chi connectivity index (χ0) is 13.0. The first-order chi connectivity index (χ1) is 8.80. The van der Waals surface area contributed by atoms with E-state index in [0.717, 1.165) is 36.3 Å². The lowest BCUT2D eigenvalue weighted by Crippen LogP contribution is -2.06. The number of rotatable bonds is 5. The Morgan fingerprint density at radius 1 is 1.11 bits per heavy atom. The fourth-order valence-electron chi connectivity index (χ4n) is 2.34. The van der Waals surface area contributed by atoms with E-state index in [9.17, 15) is 5.11 Å². The number of aromatic nitrogens is 2. The van der Waals surface area contributed by atoms with Crippen LogP contribution in [0.2, 0.25) is 0 Å². The molecule has 0 aliphatic rings. The lowest BCUT2D eigenvalue weighted by atomic mass is 10.1. The molecule has 3 heteroatoms. The molecule has 0 saturated carbocycles. The number of aliphatic hydroxyl groups excluding tert-OH is 1. The van der Waals surface area contributed by atoms with Crippen molar-refractivity contribution in [2.24, 2.45) is 0 Å². The Bertz CT molecular complexity index is 503. The molecular weight excluding hydrogens is 224 g/mol. The topological polar surface area (TPSA) is 38.0 Å². The number of aryl methyl sites for hydroxylation is 1. The molecule has 1 heterocycles. The third-order valence-electron chi connectivity index (χ3n) is 3.25. The summed E-state index contributed by atoms with van der Waals surface area (Å²) < 4.78 is 2.03. The van der Waals surface area contributed by atoms with E-state index in [2.05, 4.69) is 31.1 Å². The molecule has 1 aromatic carbocycles. The van der Waals surface area contributed by atoms with Crippen LogP contribution in [0, 0.1) is 0 Å². The molecule has 0 aliphatic carbocycles. The maximum absolute atomic E-state index is 9.49. The van der Waals surface area contributed by atoms with Crippen molar-refractivity contribution in [1.29, 1.82) is 0 Å². The standard InChI is InChI=1S/C15H20N2O/c1-3-14-13(11-18)15(4-2)17(16-14)10-12-8-6-5-7-9-12/h5-9,18H,3-4,10-11H2,1-2H3. The van der Waals surface area contributed by atoms with Crippen molar-refractivity contribution < 1.29 is 5.11 Å². The van der Waals surface area contributed by atoms with Crippen LogP contribution in [0.15, 0.2) is 30.3 Å². The molecule has 1 aromatic heterocycles. The van der Waals surface area contributed by atoms with E-state index in [0.29, 0.717) is 0 Å². The molecule has 0 unspecified atom stereocenters. The zero-order valence-electron chi connectivity index (χ0n) is 11.1. The first-order valence-electron chi connectivity index (χ1n) is 6.52. The third-order valence-corrected chi connectivity index (χ3v) is 3.25. The molecule has 0 aliphatic heterocycles. The van der Waals surface area contributed by atoms with E-state index in [4.69, 9.17) is 0 Å². The lowest BCUT2D eigenvalue weighted by molar-refractivity contribution is 0.279. The van der Waals surface area contributed by atoms with Gasteiger partial charge in [0.25, 0.3) is 0 Å². The van der Waals surface area contributed by atoms with Gasteiger partial charge in [-0.15, -0.1) is 0 Å². The quantitative estimate of drug-likeness (QED) is 0.877. The van der Waals surface area contributed by atoms with Gasteiger partial charge in [0, 0.05) is 11.3 Å². The highest BCUT2D eigenvalue weighted by molar-refractivity contribution is 5.27. The highest BCUT2D eigenvalue weighted by atomic mass is 16.3. The molecule has 2 aromatic rings. The summed E-state index contributed by atoms with van der Waals surface area (Å²) in [6.45, 7) is 5.04. The number of nitrogens with zero attached hydrogens (tertiary/aromatic N) is 2. The van der Waals surface area contributed by atoms with E-state index >= 15 is 0 Å². The summed E-state index contributed by atoms with van der Waals surface area (Å²) in [7, 11) is 0. The van der Waals surface area contributed by atoms with Crippen LogP contribution in [0.4, 0.5) is 0 Å². The van der Waals surface area contributed by atoms with Gasteiger partial charge < -0.3 is 5.11 Å². The summed E-state index contributed by atoms with van der Waals surface area (Å²) in [6.07, 6.45) is 1.76. The molecule has 0 amide bonds. The fourth-order valence-corrected chi connectivity index (χ4v) is 2.34. The van der Waals surface area contributed by atoms with E-state index in [1.807, 2.05) is 22.9 Å². The fraction of sp³-hybridized carbons (Fsp3) is 0.400. The van der Waals surface area contributed by atoms with Gasteiger partial charge in [-0.3, -0.25) is 4.68 Å². The largest absolute Gasteiger partial charge is 0.392 e. The maximum atomic E-state index is 9.49. The minimum Gasteiger partial charge on any atom is -0.392 e. The molecule has 96 valence electrons. The molecule has 0 radical (unpaired) electrons. The second-order valence-electron chi connectivity index (χ2n) is 4.38. The number of hydrogen-bond donors (Lipinski definition) is 1. The molecular formula is C15H20N2O. The number of benzene rings is 1. The minimum atomic E-state index is 0.0845. The monoisotopic (exact) mass is 244 g/mol. The molecule has 0 spiro atoms. The molecule has 18 heavy (non-hydrogen) atoms. The summed E-state index contributed by atoms with van der Waals surface area (Å²) in [6, 6.07) is 10.3. The van der Waals surface area contributed by atoms with Crippen molar-refractivity contribution in [2.75, 3.05) is 0 Å². The van der Waals surface area contributed by atoms with Crippen LogP contribution in [-0.2, 0) is 26.0 Å². The zero-order valence-corrected chi connectivity index (χ0v) is 11.1. The minimum absolute atomic E-state index is 0.0845. The van der Waals surface area contributed by atoms with Gasteiger partial charge >= 0.3 is 0 Å². The lowest BCUT2D eigenvalue weighted by Gasteiger charge is -2.07. The van der Waals surface area contributed by atoms with Crippen LogP contribution in [0.3, 0.4) is 0 Å². The Hall–Kier alpha value is -1.61. The Morgan fingerprint density at radius 3 is 2.39 bits per heavy atom. The third kappa shape index (κ3) is 2.46. The van der Waals surface area contributed by atoms with Gasteiger partial charge in [0.1, 0.15) is 0 Å². The van der Waals surface area contributed by atoms with Crippen LogP contribution in [0.5, 0.6) is 0 Å². The van der Waals surface area contributed by atoms with Crippen LogP contribution in [0.1, 0.15) is 36.4 Å². The smallest absolute Gasteiger partial charge is 0.0718 e. The molecule has 0 bridgehead atoms. The Kier molecular flexibility index (Phi) is 4.15. The van der Waals surface area contributed by atoms with Gasteiger partial charge in [0.15, 0.2) is 0 Å². The first kappa shape index (κ1) is 12.8. The number of aliphatic hydroxyl groups is 1. The molecule has 0 saturated heterocycles. The Morgan fingerprint density at radius 2 is 1.83 bits per heavy atom. The normalized spacial score (nSPS) is 10.8. The highest BCUT2D eigenvalue weighted by Gasteiger charge is 2.14. The predicted octanol–water partition coefficient (Wildman–Crippen LogP) is 2.55. The second-order valence-corrected chi connectivity index (χ2v) is 4.38. The van der Waals surface area contributed by atoms with Crippen LogP contribution in [0.25, 0.3) is 0 Å². The van der Waals surface area contributed by atoms with Crippen LogP contribution >= 0.6 is 0 Å². The Balaban J connectivity index is 2.35. The summed E-state index contributed by atoms with van der Waals surface area (Å²) in [5.41, 5.74) is 4.42. The second kappa shape index (κ2) is 5.83. The van der Waals surface area contributed by atoms with Gasteiger partial charge in [-0.05, 0) is 18.4 Å². The van der Waals surface area contributed by atoms with Crippen molar-refractivity contribution >= 4 is 0 Å². The molecule has 0 fully saturated rings. The average Bonchev–Trinajstić information content (AvgIpc) is 2.76. The van der Waals surface area contributed by atoms with Crippen molar-refractivity contribution in [3.63, 3.8) is 0 Å². The van der Waals surface area contributed by atoms with Gasteiger partial charge in [-0.1, -0.05) is 44.2 Å². The van der Waals surface area contributed by atoms with E-state index in [1.165, 1.54) is 5.56 Å². The predicted molar refractivity (Wildman–Crippen MR) is 72.4 cm³/mol. The summed E-state index contributed by atoms with van der Waals surface area (Å²) >= 11 is 0. The van der Waals surface area contributed by atoms with Crippen LogP contribution < -0.4 is 0 Å². The molecule has 0 atom stereocenters. The molecule has 3 nitrogen and oxygen atoms in total.